The second-order valence-electron chi connectivity index (χ2n) is 7.62. The van der Waals surface area contributed by atoms with E-state index in [2.05, 4.69) is 19.2 Å². The Morgan fingerprint density at radius 1 is 1.05 bits per heavy atom. The third kappa shape index (κ3) is 3.06. The van der Waals surface area contributed by atoms with Crippen molar-refractivity contribution in [2.45, 2.75) is 95.8 Å². The number of hydrogen-bond donors (Lipinski definition) is 1. The highest BCUT2D eigenvalue weighted by Gasteiger charge is 2.42. The molecule has 0 radical (unpaired) electrons. The molecule has 1 aliphatic heterocycles. The lowest BCUT2D eigenvalue weighted by Crippen LogP contribution is -2.34. The molecule has 0 bridgehead atoms. The van der Waals surface area contributed by atoms with E-state index in [9.17, 15) is 0 Å². The van der Waals surface area contributed by atoms with Crippen molar-refractivity contribution in [2.24, 2.45) is 11.8 Å². The van der Waals surface area contributed by atoms with Gasteiger partial charge in [0, 0.05) is 6.04 Å². The van der Waals surface area contributed by atoms with Crippen molar-refractivity contribution >= 4 is 0 Å². The van der Waals surface area contributed by atoms with Crippen LogP contribution in [0.4, 0.5) is 0 Å². The molecule has 2 aliphatic carbocycles. The standard InChI is InChI=1S/C18H33NO/c1-3-19-17-8-7-15(14(17)2)13-16-9-12-18(20-16)10-5-4-6-11-18/h14-17,19H,3-13H2,1-2H3. The second kappa shape index (κ2) is 6.36. The summed E-state index contributed by atoms with van der Waals surface area (Å²) in [5.41, 5.74) is 0.311. The summed E-state index contributed by atoms with van der Waals surface area (Å²) < 4.78 is 6.57. The molecule has 1 spiro atoms. The molecule has 1 heterocycles. The fourth-order valence-corrected chi connectivity index (χ4v) is 5.09. The van der Waals surface area contributed by atoms with Gasteiger partial charge in [-0.1, -0.05) is 33.1 Å². The van der Waals surface area contributed by atoms with Crippen molar-refractivity contribution in [3.63, 3.8) is 0 Å². The van der Waals surface area contributed by atoms with E-state index in [1.165, 1.54) is 64.2 Å². The number of hydrogen-bond acceptors (Lipinski definition) is 2. The van der Waals surface area contributed by atoms with Gasteiger partial charge in [0.1, 0.15) is 0 Å². The topological polar surface area (TPSA) is 21.3 Å². The molecule has 0 amide bonds. The molecule has 20 heavy (non-hydrogen) atoms. The molecule has 3 rings (SSSR count). The Labute approximate surface area is 125 Å². The summed E-state index contributed by atoms with van der Waals surface area (Å²) in [5.74, 6) is 1.73. The molecular weight excluding hydrogens is 246 g/mol. The van der Waals surface area contributed by atoms with Gasteiger partial charge in [0.15, 0.2) is 0 Å². The lowest BCUT2D eigenvalue weighted by molar-refractivity contribution is -0.0710. The fraction of sp³-hybridized carbons (Fsp3) is 1.00. The van der Waals surface area contributed by atoms with Crippen LogP contribution >= 0.6 is 0 Å². The number of rotatable bonds is 4. The van der Waals surface area contributed by atoms with Gasteiger partial charge in [-0.05, 0) is 63.3 Å². The predicted molar refractivity (Wildman–Crippen MR) is 83.9 cm³/mol. The quantitative estimate of drug-likeness (QED) is 0.829. The first-order chi connectivity index (χ1) is 9.72. The minimum absolute atomic E-state index is 0.311. The summed E-state index contributed by atoms with van der Waals surface area (Å²) in [5, 5.41) is 3.67. The van der Waals surface area contributed by atoms with Crippen LogP contribution in [-0.2, 0) is 4.74 Å². The van der Waals surface area contributed by atoms with Gasteiger partial charge in [-0.2, -0.15) is 0 Å². The first kappa shape index (κ1) is 14.8. The SMILES string of the molecule is CCNC1CCC(CC2CCC3(CCCCC3)O2)C1C. The average molecular weight is 279 g/mol. The number of nitrogens with one attached hydrogen (secondary N) is 1. The highest BCUT2D eigenvalue weighted by atomic mass is 16.5. The van der Waals surface area contributed by atoms with Gasteiger partial charge in [-0.15, -0.1) is 0 Å². The summed E-state index contributed by atoms with van der Waals surface area (Å²) >= 11 is 0. The molecule has 0 aromatic rings. The Balaban J connectivity index is 1.50. The van der Waals surface area contributed by atoms with Gasteiger partial charge in [0.25, 0.3) is 0 Å². The average Bonchev–Trinajstić information content (AvgIpc) is 2.99. The molecule has 2 heteroatoms. The molecule has 4 unspecified atom stereocenters. The van der Waals surface area contributed by atoms with E-state index < -0.39 is 0 Å². The Morgan fingerprint density at radius 3 is 2.60 bits per heavy atom. The van der Waals surface area contributed by atoms with Crippen molar-refractivity contribution in [1.29, 1.82) is 0 Å². The minimum atomic E-state index is 0.311. The van der Waals surface area contributed by atoms with Gasteiger partial charge in [-0.25, -0.2) is 0 Å². The highest BCUT2D eigenvalue weighted by Crippen LogP contribution is 2.45. The van der Waals surface area contributed by atoms with Crippen LogP contribution in [0, 0.1) is 11.8 Å². The monoisotopic (exact) mass is 279 g/mol. The van der Waals surface area contributed by atoms with Crippen LogP contribution in [-0.4, -0.2) is 24.3 Å². The van der Waals surface area contributed by atoms with Crippen molar-refractivity contribution in [2.75, 3.05) is 6.54 Å². The maximum Gasteiger partial charge on any atom is 0.0687 e. The molecule has 1 saturated heterocycles. The fourth-order valence-electron chi connectivity index (χ4n) is 5.09. The van der Waals surface area contributed by atoms with Crippen molar-refractivity contribution in [3.8, 4) is 0 Å². The van der Waals surface area contributed by atoms with Crippen molar-refractivity contribution in [3.05, 3.63) is 0 Å². The maximum absolute atomic E-state index is 6.57. The zero-order chi connectivity index (χ0) is 14.0. The Hall–Kier alpha value is -0.0800. The van der Waals surface area contributed by atoms with E-state index in [4.69, 9.17) is 4.74 Å². The molecule has 0 aromatic heterocycles. The van der Waals surface area contributed by atoms with Crippen LogP contribution in [0.25, 0.3) is 0 Å². The second-order valence-corrected chi connectivity index (χ2v) is 7.62. The van der Waals surface area contributed by atoms with Gasteiger partial charge in [-0.3, -0.25) is 0 Å². The normalized spacial score (nSPS) is 40.5. The summed E-state index contributed by atoms with van der Waals surface area (Å²) in [6, 6.07) is 0.759. The van der Waals surface area contributed by atoms with Crippen LogP contribution in [0.5, 0.6) is 0 Å². The predicted octanol–water partition coefficient (Wildman–Crippen LogP) is 4.28. The third-order valence-electron chi connectivity index (χ3n) is 6.36. The molecule has 3 aliphatic rings. The van der Waals surface area contributed by atoms with Crippen molar-refractivity contribution < 1.29 is 4.74 Å². The van der Waals surface area contributed by atoms with E-state index in [0.29, 0.717) is 11.7 Å². The highest BCUT2D eigenvalue weighted by molar-refractivity contribution is 4.94. The van der Waals surface area contributed by atoms with E-state index in [1.807, 2.05) is 0 Å². The zero-order valence-corrected chi connectivity index (χ0v) is 13.5. The Bertz CT molecular complexity index is 311. The van der Waals surface area contributed by atoms with Crippen LogP contribution in [0.1, 0.15) is 78.1 Å². The van der Waals surface area contributed by atoms with Crippen LogP contribution < -0.4 is 5.32 Å². The van der Waals surface area contributed by atoms with Crippen LogP contribution in [0.2, 0.25) is 0 Å². The third-order valence-corrected chi connectivity index (χ3v) is 6.36. The minimum Gasteiger partial charge on any atom is -0.372 e. The largest absolute Gasteiger partial charge is 0.372 e. The summed E-state index contributed by atoms with van der Waals surface area (Å²) in [6.45, 7) is 5.80. The molecule has 4 atom stereocenters. The van der Waals surface area contributed by atoms with Gasteiger partial charge in [0.2, 0.25) is 0 Å². The smallest absolute Gasteiger partial charge is 0.0687 e. The molecule has 116 valence electrons. The molecule has 0 aromatic carbocycles. The first-order valence-corrected chi connectivity index (χ1v) is 9.14. The lowest BCUT2D eigenvalue weighted by atomic mass is 9.83. The Kier molecular flexibility index (Phi) is 4.72. The zero-order valence-electron chi connectivity index (χ0n) is 13.5. The lowest BCUT2D eigenvalue weighted by Gasteiger charge is -2.34. The van der Waals surface area contributed by atoms with E-state index >= 15 is 0 Å². The molecular formula is C18H33NO. The molecule has 2 saturated carbocycles. The maximum atomic E-state index is 6.57. The summed E-state index contributed by atoms with van der Waals surface area (Å²) in [6.07, 6.45) is 14.2. The van der Waals surface area contributed by atoms with Gasteiger partial charge >= 0.3 is 0 Å². The summed E-state index contributed by atoms with van der Waals surface area (Å²) in [4.78, 5) is 0. The van der Waals surface area contributed by atoms with E-state index in [1.54, 1.807) is 0 Å². The molecule has 2 nitrogen and oxygen atoms in total. The van der Waals surface area contributed by atoms with E-state index in [0.717, 1.165) is 24.4 Å². The van der Waals surface area contributed by atoms with Crippen molar-refractivity contribution in [1.82, 2.24) is 5.32 Å². The van der Waals surface area contributed by atoms with Crippen LogP contribution in [0.15, 0.2) is 0 Å². The molecule has 1 N–H and O–H groups in total. The summed E-state index contributed by atoms with van der Waals surface area (Å²) in [7, 11) is 0. The van der Waals surface area contributed by atoms with Gasteiger partial charge < -0.3 is 10.1 Å². The number of ether oxygens (including phenoxy) is 1. The first-order valence-electron chi connectivity index (χ1n) is 9.14. The van der Waals surface area contributed by atoms with E-state index in [-0.39, 0.29) is 0 Å². The Morgan fingerprint density at radius 2 is 1.85 bits per heavy atom. The van der Waals surface area contributed by atoms with Crippen LogP contribution in [0.3, 0.4) is 0 Å². The molecule has 3 fully saturated rings. The van der Waals surface area contributed by atoms with Gasteiger partial charge in [0.05, 0.1) is 11.7 Å².